The lowest BCUT2D eigenvalue weighted by Crippen LogP contribution is -2.45. The fourth-order valence-corrected chi connectivity index (χ4v) is 2.45. The molecule has 18 heavy (non-hydrogen) atoms. The molecule has 1 aliphatic heterocycles. The van der Waals surface area contributed by atoms with Crippen molar-refractivity contribution >= 4 is 0 Å². The molecule has 0 bridgehead atoms. The van der Waals surface area contributed by atoms with Crippen LogP contribution in [0.3, 0.4) is 0 Å². The Morgan fingerprint density at radius 1 is 1.39 bits per heavy atom. The van der Waals surface area contributed by atoms with Gasteiger partial charge in [-0.05, 0) is 19.0 Å². The second-order valence-electron chi connectivity index (χ2n) is 5.03. The van der Waals surface area contributed by atoms with Crippen LogP contribution in [0.4, 0.5) is 0 Å². The van der Waals surface area contributed by atoms with E-state index >= 15 is 0 Å². The molecule has 2 atom stereocenters. The molecule has 1 aromatic rings. The molecule has 0 radical (unpaired) electrons. The number of nitrogens with zero attached hydrogens (tertiary/aromatic N) is 1. The molecule has 100 valence electrons. The molecule has 1 saturated heterocycles. The molecule has 1 heterocycles. The smallest absolute Gasteiger partial charge is 0.0826 e. The number of likely N-dealkylation sites (N-methyl/N-ethyl adjacent to an activating group) is 1. The van der Waals surface area contributed by atoms with Gasteiger partial charge in [0.25, 0.3) is 0 Å². The van der Waals surface area contributed by atoms with Gasteiger partial charge in [0.05, 0.1) is 12.7 Å². The maximum Gasteiger partial charge on any atom is 0.0826 e. The molecule has 1 aliphatic rings. The highest BCUT2D eigenvalue weighted by atomic mass is 16.5. The molecule has 1 aromatic carbocycles. The van der Waals surface area contributed by atoms with Gasteiger partial charge in [-0.2, -0.15) is 0 Å². The minimum atomic E-state index is 0.321. The Morgan fingerprint density at radius 3 is 2.83 bits per heavy atom. The van der Waals surface area contributed by atoms with Crippen LogP contribution >= 0.6 is 0 Å². The predicted molar refractivity (Wildman–Crippen MR) is 74.7 cm³/mol. The molecule has 0 aliphatic carbocycles. The van der Waals surface area contributed by atoms with Gasteiger partial charge in [0, 0.05) is 25.7 Å². The molecule has 0 saturated carbocycles. The molecule has 0 spiro atoms. The van der Waals surface area contributed by atoms with Crippen molar-refractivity contribution in [1.29, 1.82) is 0 Å². The molecule has 3 nitrogen and oxygen atoms in total. The van der Waals surface area contributed by atoms with Crippen molar-refractivity contribution in [3.63, 3.8) is 0 Å². The van der Waals surface area contributed by atoms with Gasteiger partial charge in [0.15, 0.2) is 0 Å². The van der Waals surface area contributed by atoms with E-state index in [1.165, 1.54) is 5.56 Å². The van der Waals surface area contributed by atoms with E-state index in [2.05, 4.69) is 54.5 Å². The van der Waals surface area contributed by atoms with E-state index in [0.717, 1.165) is 32.7 Å². The van der Waals surface area contributed by atoms with Gasteiger partial charge in [-0.3, -0.25) is 0 Å². The van der Waals surface area contributed by atoms with Gasteiger partial charge < -0.3 is 15.0 Å². The summed E-state index contributed by atoms with van der Waals surface area (Å²) < 4.78 is 5.77. The third-order valence-electron chi connectivity index (χ3n) is 3.54. The van der Waals surface area contributed by atoms with Crippen molar-refractivity contribution in [1.82, 2.24) is 10.2 Å². The lowest BCUT2D eigenvalue weighted by molar-refractivity contribution is -0.0193. The lowest BCUT2D eigenvalue weighted by atomic mass is 10.0. The number of rotatable bonds is 5. The first kappa shape index (κ1) is 13.5. The first-order valence-corrected chi connectivity index (χ1v) is 6.88. The van der Waals surface area contributed by atoms with Crippen LogP contribution in [0.2, 0.25) is 0 Å². The van der Waals surface area contributed by atoms with Crippen LogP contribution in [-0.2, 0) is 4.74 Å². The zero-order valence-corrected chi connectivity index (χ0v) is 11.4. The van der Waals surface area contributed by atoms with E-state index in [0.29, 0.717) is 12.1 Å². The standard InChI is InChI=1S/C15H24N2O/c1-3-15(13-7-5-4-6-8-13)16-11-14-12-17(2)9-10-18-14/h4-8,14-16H,3,9-12H2,1-2H3/t14-,15+/m0/s1. The van der Waals surface area contributed by atoms with Gasteiger partial charge in [0.2, 0.25) is 0 Å². The highest BCUT2D eigenvalue weighted by molar-refractivity contribution is 5.18. The van der Waals surface area contributed by atoms with Crippen LogP contribution < -0.4 is 5.32 Å². The fraction of sp³-hybridized carbons (Fsp3) is 0.600. The van der Waals surface area contributed by atoms with Crippen molar-refractivity contribution in [2.24, 2.45) is 0 Å². The summed E-state index contributed by atoms with van der Waals surface area (Å²) in [5, 5.41) is 3.62. The quantitative estimate of drug-likeness (QED) is 0.863. The number of hydrogen-bond donors (Lipinski definition) is 1. The minimum absolute atomic E-state index is 0.321. The number of nitrogens with one attached hydrogen (secondary N) is 1. The van der Waals surface area contributed by atoms with Crippen LogP contribution in [0.1, 0.15) is 24.9 Å². The van der Waals surface area contributed by atoms with Crippen LogP contribution in [0.5, 0.6) is 0 Å². The number of morpholine rings is 1. The van der Waals surface area contributed by atoms with Crippen molar-refractivity contribution in [2.45, 2.75) is 25.5 Å². The van der Waals surface area contributed by atoms with E-state index < -0.39 is 0 Å². The van der Waals surface area contributed by atoms with Crippen molar-refractivity contribution < 1.29 is 4.74 Å². The Kier molecular flexibility index (Phi) is 5.17. The molecule has 1 N–H and O–H groups in total. The van der Waals surface area contributed by atoms with Crippen molar-refractivity contribution in [3.8, 4) is 0 Å². The van der Waals surface area contributed by atoms with Gasteiger partial charge in [-0.15, -0.1) is 0 Å². The van der Waals surface area contributed by atoms with Gasteiger partial charge in [-0.1, -0.05) is 37.3 Å². The molecule has 0 aromatic heterocycles. The first-order valence-electron chi connectivity index (χ1n) is 6.88. The second-order valence-corrected chi connectivity index (χ2v) is 5.03. The second kappa shape index (κ2) is 6.88. The molecule has 1 fully saturated rings. The highest BCUT2D eigenvalue weighted by Crippen LogP contribution is 2.16. The number of ether oxygens (including phenoxy) is 1. The van der Waals surface area contributed by atoms with E-state index in [1.807, 2.05) is 0 Å². The maximum absolute atomic E-state index is 5.77. The Hall–Kier alpha value is -0.900. The largest absolute Gasteiger partial charge is 0.374 e. The fourth-order valence-electron chi connectivity index (χ4n) is 2.45. The maximum atomic E-state index is 5.77. The summed E-state index contributed by atoms with van der Waals surface area (Å²) in [6, 6.07) is 11.1. The molecule has 0 amide bonds. The van der Waals surface area contributed by atoms with Crippen LogP contribution in [0.25, 0.3) is 0 Å². The first-order chi connectivity index (χ1) is 8.79. The van der Waals surface area contributed by atoms with Gasteiger partial charge in [0.1, 0.15) is 0 Å². The van der Waals surface area contributed by atoms with E-state index in [1.54, 1.807) is 0 Å². The molecule has 3 heteroatoms. The highest BCUT2D eigenvalue weighted by Gasteiger charge is 2.18. The Bertz CT molecular complexity index is 342. The van der Waals surface area contributed by atoms with E-state index in [4.69, 9.17) is 4.74 Å². The minimum Gasteiger partial charge on any atom is -0.374 e. The summed E-state index contributed by atoms with van der Waals surface area (Å²) in [6.07, 6.45) is 1.42. The molecular weight excluding hydrogens is 224 g/mol. The van der Waals surface area contributed by atoms with Crippen molar-refractivity contribution in [3.05, 3.63) is 35.9 Å². The monoisotopic (exact) mass is 248 g/mol. The predicted octanol–water partition coefficient (Wildman–Crippen LogP) is 2.06. The summed E-state index contributed by atoms with van der Waals surface area (Å²) in [4.78, 5) is 2.33. The third kappa shape index (κ3) is 3.80. The lowest BCUT2D eigenvalue weighted by Gasteiger charge is -2.31. The van der Waals surface area contributed by atoms with Crippen molar-refractivity contribution in [2.75, 3.05) is 33.3 Å². The SMILES string of the molecule is CC[C@@H](NC[C@H]1CN(C)CCO1)c1ccccc1. The van der Waals surface area contributed by atoms with Crippen LogP contribution in [0, 0.1) is 0 Å². The molecule has 2 rings (SSSR count). The summed E-state index contributed by atoms with van der Waals surface area (Å²) >= 11 is 0. The van der Waals surface area contributed by atoms with Gasteiger partial charge in [-0.25, -0.2) is 0 Å². The van der Waals surface area contributed by atoms with Crippen LogP contribution in [0.15, 0.2) is 30.3 Å². The Labute approximate surface area is 110 Å². The Morgan fingerprint density at radius 2 is 2.17 bits per heavy atom. The Balaban J connectivity index is 1.84. The average Bonchev–Trinajstić information content (AvgIpc) is 2.41. The summed E-state index contributed by atoms with van der Waals surface area (Å²) in [5.74, 6) is 0. The molecule has 0 unspecified atom stereocenters. The average molecular weight is 248 g/mol. The van der Waals surface area contributed by atoms with E-state index in [9.17, 15) is 0 Å². The summed E-state index contributed by atoms with van der Waals surface area (Å²) in [6.45, 7) is 6.08. The zero-order valence-electron chi connectivity index (χ0n) is 11.4. The topological polar surface area (TPSA) is 24.5 Å². The normalized spacial score (nSPS) is 22.9. The number of hydrogen-bond acceptors (Lipinski definition) is 3. The zero-order chi connectivity index (χ0) is 12.8. The molecular formula is C15H24N2O. The van der Waals surface area contributed by atoms with Crippen LogP contribution in [-0.4, -0.2) is 44.3 Å². The number of benzene rings is 1. The summed E-state index contributed by atoms with van der Waals surface area (Å²) in [7, 11) is 2.16. The summed E-state index contributed by atoms with van der Waals surface area (Å²) in [5.41, 5.74) is 1.36. The van der Waals surface area contributed by atoms with Gasteiger partial charge >= 0.3 is 0 Å². The third-order valence-corrected chi connectivity index (χ3v) is 3.54. The van der Waals surface area contributed by atoms with E-state index in [-0.39, 0.29) is 0 Å².